The minimum Gasteiger partial charge on any atom is -0.478 e. The summed E-state index contributed by atoms with van der Waals surface area (Å²) >= 11 is 0. The van der Waals surface area contributed by atoms with E-state index in [4.69, 9.17) is 0 Å². The van der Waals surface area contributed by atoms with Crippen LogP contribution < -0.4 is 0 Å². The van der Waals surface area contributed by atoms with Crippen molar-refractivity contribution in [1.82, 2.24) is 4.57 Å². The van der Waals surface area contributed by atoms with Crippen LogP contribution in [0.1, 0.15) is 62.2 Å². The third-order valence-electron chi connectivity index (χ3n) is 4.03. The Hall–Kier alpha value is -1.77. The van der Waals surface area contributed by atoms with Crippen molar-refractivity contribution in [2.75, 3.05) is 0 Å². The molecule has 0 amide bonds. The molecule has 0 bridgehead atoms. The lowest BCUT2D eigenvalue weighted by Gasteiger charge is -2.20. The Labute approximate surface area is 126 Å². The van der Waals surface area contributed by atoms with Crippen LogP contribution in [0, 0.1) is 6.92 Å². The van der Waals surface area contributed by atoms with Gasteiger partial charge >= 0.3 is 5.97 Å². The van der Waals surface area contributed by atoms with E-state index in [1.54, 1.807) is 0 Å². The van der Waals surface area contributed by atoms with E-state index in [1.807, 2.05) is 6.07 Å². The number of unbranched alkanes of at least 4 members (excludes halogenated alkanes) is 1. The SMILES string of the molecule is CCCCn1c(C)cc2cc(C(C)(C)C)cc(C(=O)O)c21. The standard InChI is InChI=1S/C18H25NO2/c1-6-7-8-19-12(2)9-13-10-14(18(3,4)5)11-15(16(13)19)17(20)21/h9-11H,6-8H2,1-5H3,(H,20,21). The van der Waals surface area contributed by atoms with E-state index in [0.717, 1.165) is 41.5 Å². The molecule has 1 N–H and O–H groups in total. The maximum Gasteiger partial charge on any atom is 0.337 e. The smallest absolute Gasteiger partial charge is 0.337 e. The largest absolute Gasteiger partial charge is 0.478 e. The highest BCUT2D eigenvalue weighted by Crippen LogP contribution is 2.31. The van der Waals surface area contributed by atoms with Crippen molar-refractivity contribution in [2.45, 2.75) is 59.4 Å². The molecule has 2 rings (SSSR count). The number of carboxylic acids is 1. The van der Waals surface area contributed by atoms with E-state index in [9.17, 15) is 9.90 Å². The minimum atomic E-state index is -0.845. The molecule has 0 saturated carbocycles. The molecule has 0 saturated heterocycles. The summed E-state index contributed by atoms with van der Waals surface area (Å²) < 4.78 is 2.15. The van der Waals surface area contributed by atoms with E-state index >= 15 is 0 Å². The molecular weight excluding hydrogens is 262 g/mol. The molecule has 0 fully saturated rings. The summed E-state index contributed by atoms with van der Waals surface area (Å²) in [5, 5.41) is 10.7. The molecule has 2 aromatic rings. The second-order valence-electron chi connectivity index (χ2n) is 6.81. The summed E-state index contributed by atoms with van der Waals surface area (Å²) in [4.78, 5) is 11.7. The maximum absolute atomic E-state index is 11.7. The van der Waals surface area contributed by atoms with Crippen molar-refractivity contribution in [3.63, 3.8) is 0 Å². The van der Waals surface area contributed by atoms with Crippen LogP contribution >= 0.6 is 0 Å². The second-order valence-corrected chi connectivity index (χ2v) is 6.81. The lowest BCUT2D eigenvalue weighted by molar-refractivity contribution is 0.0698. The average molecular weight is 287 g/mol. The van der Waals surface area contributed by atoms with E-state index in [1.165, 1.54) is 0 Å². The lowest BCUT2D eigenvalue weighted by Crippen LogP contribution is -2.13. The molecule has 3 nitrogen and oxygen atoms in total. The van der Waals surface area contributed by atoms with Gasteiger partial charge in [-0.2, -0.15) is 0 Å². The third kappa shape index (κ3) is 2.97. The van der Waals surface area contributed by atoms with Crippen LogP contribution in [0.3, 0.4) is 0 Å². The highest BCUT2D eigenvalue weighted by Gasteiger charge is 2.21. The van der Waals surface area contributed by atoms with Gasteiger partial charge in [0.05, 0.1) is 11.1 Å². The van der Waals surface area contributed by atoms with Crippen molar-refractivity contribution >= 4 is 16.9 Å². The number of hydrogen-bond acceptors (Lipinski definition) is 1. The summed E-state index contributed by atoms with van der Waals surface area (Å²) in [6, 6.07) is 6.08. The first-order chi connectivity index (χ1) is 9.75. The fourth-order valence-corrected chi connectivity index (χ4v) is 2.75. The molecule has 0 aliphatic carbocycles. The molecule has 1 aromatic carbocycles. The Bertz CT molecular complexity index is 675. The number of nitrogens with zero attached hydrogens (tertiary/aromatic N) is 1. The summed E-state index contributed by atoms with van der Waals surface area (Å²) in [5.41, 5.74) is 3.42. The summed E-state index contributed by atoms with van der Waals surface area (Å²) in [6.07, 6.45) is 2.16. The first kappa shape index (κ1) is 15.6. The quantitative estimate of drug-likeness (QED) is 0.882. The number of benzene rings is 1. The van der Waals surface area contributed by atoms with Crippen LogP contribution in [0.2, 0.25) is 0 Å². The molecule has 0 aliphatic heterocycles. The van der Waals surface area contributed by atoms with Gasteiger partial charge in [-0.3, -0.25) is 0 Å². The van der Waals surface area contributed by atoms with Crippen molar-refractivity contribution in [1.29, 1.82) is 0 Å². The van der Waals surface area contributed by atoms with Gasteiger partial charge in [-0.25, -0.2) is 4.79 Å². The molecule has 21 heavy (non-hydrogen) atoms. The zero-order valence-electron chi connectivity index (χ0n) is 13.7. The number of aromatic carboxylic acids is 1. The van der Waals surface area contributed by atoms with Gasteiger partial charge < -0.3 is 9.67 Å². The fraction of sp³-hybridized carbons (Fsp3) is 0.500. The Morgan fingerprint density at radius 2 is 1.90 bits per heavy atom. The predicted molar refractivity (Wildman–Crippen MR) is 87.2 cm³/mol. The number of fused-ring (bicyclic) bond motifs is 1. The van der Waals surface area contributed by atoms with Gasteiger partial charge in [0.15, 0.2) is 0 Å². The predicted octanol–water partition coefficient (Wildman–Crippen LogP) is 4.75. The van der Waals surface area contributed by atoms with E-state index in [2.05, 4.69) is 51.3 Å². The Morgan fingerprint density at radius 1 is 1.24 bits per heavy atom. The highest BCUT2D eigenvalue weighted by atomic mass is 16.4. The molecule has 0 atom stereocenters. The zero-order valence-corrected chi connectivity index (χ0v) is 13.7. The van der Waals surface area contributed by atoms with Crippen molar-refractivity contribution in [2.24, 2.45) is 0 Å². The molecular formula is C18H25NO2. The van der Waals surface area contributed by atoms with Gasteiger partial charge in [0.1, 0.15) is 0 Å². The number of aromatic nitrogens is 1. The van der Waals surface area contributed by atoms with Gasteiger partial charge in [0.25, 0.3) is 0 Å². The van der Waals surface area contributed by atoms with Crippen molar-refractivity contribution in [3.05, 3.63) is 35.0 Å². The first-order valence-corrected chi connectivity index (χ1v) is 7.63. The summed E-state index contributed by atoms with van der Waals surface area (Å²) in [7, 11) is 0. The number of hydrogen-bond donors (Lipinski definition) is 1. The van der Waals surface area contributed by atoms with Crippen LogP contribution in [0.4, 0.5) is 0 Å². The van der Waals surface area contributed by atoms with Crippen LogP contribution in [0.15, 0.2) is 18.2 Å². The molecule has 0 aliphatic rings. The lowest BCUT2D eigenvalue weighted by atomic mass is 9.85. The molecule has 0 unspecified atom stereocenters. The van der Waals surface area contributed by atoms with E-state index < -0.39 is 5.97 Å². The monoisotopic (exact) mass is 287 g/mol. The van der Waals surface area contributed by atoms with Gasteiger partial charge in [-0.1, -0.05) is 34.1 Å². The van der Waals surface area contributed by atoms with Gasteiger partial charge in [-0.15, -0.1) is 0 Å². The third-order valence-corrected chi connectivity index (χ3v) is 4.03. The van der Waals surface area contributed by atoms with Crippen molar-refractivity contribution in [3.8, 4) is 0 Å². The van der Waals surface area contributed by atoms with Gasteiger partial charge in [-0.05, 0) is 42.5 Å². The van der Waals surface area contributed by atoms with Crippen molar-refractivity contribution < 1.29 is 9.90 Å². The molecule has 0 spiro atoms. The number of aryl methyl sites for hydroxylation is 2. The number of rotatable bonds is 4. The minimum absolute atomic E-state index is 0.0577. The Morgan fingerprint density at radius 3 is 2.43 bits per heavy atom. The fourth-order valence-electron chi connectivity index (χ4n) is 2.75. The topological polar surface area (TPSA) is 42.2 Å². The zero-order chi connectivity index (χ0) is 15.8. The normalized spacial score (nSPS) is 12.0. The Balaban J connectivity index is 2.74. The average Bonchev–Trinajstić information content (AvgIpc) is 2.69. The van der Waals surface area contributed by atoms with Crippen LogP contribution in [0.5, 0.6) is 0 Å². The molecule has 1 aromatic heterocycles. The molecule has 114 valence electrons. The highest BCUT2D eigenvalue weighted by molar-refractivity contribution is 6.03. The Kier molecular flexibility index (Phi) is 4.13. The van der Waals surface area contributed by atoms with E-state index in [-0.39, 0.29) is 5.41 Å². The maximum atomic E-state index is 11.7. The molecule has 1 heterocycles. The summed E-state index contributed by atoms with van der Waals surface area (Å²) in [5.74, 6) is -0.845. The first-order valence-electron chi connectivity index (χ1n) is 7.63. The van der Waals surface area contributed by atoms with Gasteiger partial charge in [0, 0.05) is 17.6 Å². The second kappa shape index (κ2) is 5.55. The summed E-state index contributed by atoms with van der Waals surface area (Å²) in [6.45, 7) is 11.4. The molecule has 0 radical (unpaired) electrons. The van der Waals surface area contributed by atoms with Crippen LogP contribution in [-0.4, -0.2) is 15.6 Å². The van der Waals surface area contributed by atoms with Gasteiger partial charge in [0.2, 0.25) is 0 Å². The number of carbonyl (C=O) groups is 1. The van der Waals surface area contributed by atoms with E-state index in [0.29, 0.717) is 5.56 Å². The number of carboxylic acid groups (broad SMARTS) is 1. The molecule has 3 heteroatoms. The van der Waals surface area contributed by atoms with Crippen LogP contribution in [-0.2, 0) is 12.0 Å². The van der Waals surface area contributed by atoms with Crippen LogP contribution in [0.25, 0.3) is 10.9 Å².